The van der Waals surface area contributed by atoms with Crippen molar-refractivity contribution in [3.63, 3.8) is 0 Å². The Bertz CT molecular complexity index is 1630. The summed E-state index contributed by atoms with van der Waals surface area (Å²) in [7, 11) is 0. The molecule has 0 fully saturated rings. The van der Waals surface area contributed by atoms with E-state index in [-0.39, 0.29) is 5.41 Å². The van der Waals surface area contributed by atoms with Gasteiger partial charge in [0.15, 0.2) is 0 Å². The maximum absolute atomic E-state index is 2.43. The molecule has 0 spiro atoms. The Labute approximate surface area is 214 Å². The lowest BCUT2D eigenvalue weighted by Gasteiger charge is -2.22. The molecule has 0 bridgehead atoms. The number of fused-ring (bicyclic) bond motifs is 6. The van der Waals surface area contributed by atoms with Crippen molar-refractivity contribution >= 4 is 0 Å². The number of benzene rings is 5. The average molecular weight is 463 g/mol. The monoisotopic (exact) mass is 462 g/mol. The second kappa shape index (κ2) is 7.80. The first kappa shape index (κ1) is 21.4. The minimum absolute atomic E-state index is 0.0511. The van der Waals surface area contributed by atoms with Gasteiger partial charge in [0.1, 0.15) is 0 Å². The Morgan fingerprint density at radius 3 is 2.00 bits per heavy atom. The van der Waals surface area contributed by atoms with Gasteiger partial charge < -0.3 is 0 Å². The van der Waals surface area contributed by atoms with Gasteiger partial charge in [0.05, 0.1) is 0 Å². The molecule has 0 radical (unpaired) electrons. The van der Waals surface area contributed by atoms with E-state index in [0.29, 0.717) is 5.92 Å². The van der Waals surface area contributed by atoms with E-state index >= 15 is 0 Å². The van der Waals surface area contributed by atoms with E-state index in [9.17, 15) is 0 Å². The van der Waals surface area contributed by atoms with Crippen LogP contribution in [0.2, 0.25) is 0 Å². The summed E-state index contributed by atoms with van der Waals surface area (Å²) in [6, 6.07) is 40.9. The Balaban J connectivity index is 1.17. The van der Waals surface area contributed by atoms with E-state index in [2.05, 4.69) is 130 Å². The third-order valence-corrected chi connectivity index (χ3v) is 8.58. The topological polar surface area (TPSA) is 0 Å². The fourth-order valence-corrected chi connectivity index (χ4v) is 6.55. The first-order valence-electron chi connectivity index (χ1n) is 13.1. The lowest BCUT2D eigenvalue weighted by atomic mass is 9.81. The molecule has 0 aromatic heterocycles. The average Bonchev–Trinajstić information content (AvgIpc) is 3.32. The SMILES string of the molecule is CC1c2ccccc2-c2cc(-c3ccc(Cc4ccc5c(c4)C(C)(C)c4ccccc4-5)cc3)ccc21. The van der Waals surface area contributed by atoms with Crippen molar-refractivity contribution in [2.75, 3.05) is 0 Å². The fourth-order valence-electron chi connectivity index (χ4n) is 6.55. The molecule has 5 aromatic carbocycles. The first-order chi connectivity index (χ1) is 17.5. The van der Waals surface area contributed by atoms with Crippen LogP contribution in [0.5, 0.6) is 0 Å². The van der Waals surface area contributed by atoms with E-state index in [1.807, 2.05) is 0 Å². The molecular weight excluding hydrogens is 432 g/mol. The third-order valence-electron chi connectivity index (χ3n) is 8.58. The maximum Gasteiger partial charge on any atom is 0.0158 e. The molecule has 0 nitrogen and oxygen atoms in total. The molecule has 2 aliphatic rings. The van der Waals surface area contributed by atoms with Crippen molar-refractivity contribution in [2.24, 2.45) is 0 Å². The third kappa shape index (κ3) is 3.14. The van der Waals surface area contributed by atoms with Crippen LogP contribution in [0.15, 0.2) is 109 Å². The molecule has 1 unspecified atom stereocenters. The minimum Gasteiger partial charge on any atom is -0.0619 e. The highest BCUT2D eigenvalue weighted by Crippen LogP contribution is 2.49. The normalized spacial score (nSPS) is 16.2. The summed E-state index contributed by atoms with van der Waals surface area (Å²) in [5.41, 5.74) is 16.7. The lowest BCUT2D eigenvalue weighted by molar-refractivity contribution is 0.659. The zero-order valence-corrected chi connectivity index (χ0v) is 21.2. The molecule has 0 amide bonds. The zero-order valence-electron chi connectivity index (χ0n) is 21.2. The van der Waals surface area contributed by atoms with E-state index in [1.165, 1.54) is 66.8 Å². The second-order valence-corrected chi connectivity index (χ2v) is 11.0. The van der Waals surface area contributed by atoms with Crippen LogP contribution in [0.3, 0.4) is 0 Å². The van der Waals surface area contributed by atoms with E-state index in [1.54, 1.807) is 0 Å². The Kier molecular flexibility index (Phi) is 4.63. The predicted molar refractivity (Wildman–Crippen MR) is 152 cm³/mol. The highest BCUT2D eigenvalue weighted by Gasteiger charge is 2.35. The van der Waals surface area contributed by atoms with Crippen molar-refractivity contribution in [1.29, 1.82) is 0 Å². The number of hydrogen-bond donors (Lipinski definition) is 0. The van der Waals surface area contributed by atoms with Crippen molar-refractivity contribution < 1.29 is 0 Å². The van der Waals surface area contributed by atoms with E-state index in [4.69, 9.17) is 0 Å². The second-order valence-electron chi connectivity index (χ2n) is 11.0. The standard InChI is InChI=1S/C36H30/c1-23-28-8-4-5-9-30(28)33-22-27(17-19-29(23)33)26-15-12-24(13-16-26)20-25-14-18-32-31-10-6-7-11-34(31)36(2,3)35(32)21-25/h4-19,21-23H,20H2,1-3H3. The summed E-state index contributed by atoms with van der Waals surface area (Å²) < 4.78 is 0. The molecule has 7 rings (SSSR count). The summed E-state index contributed by atoms with van der Waals surface area (Å²) >= 11 is 0. The molecule has 1 atom stereocenters. The molecule has 2 aliphatic carbocycles. The Morgan fingerprint density at radius 2 is 1.17 bits per heavy atom. The lowest BCUT2D eigenvalue weighted by Crippen LogP contribution is -2.15. The molecule has 174 valence electrons. The summed E-state index contributed by atoms with van der Waals surface area (Å²) in [6.07, 6.45) is 0.953. The van der Waals surface area contributed by atoms with Crippen LogP contribution in [-0.4, -0.2) is 0 Å². The molecule has 0 saturated carbocycles. The van der Waals surface area contributed by atoms with Crippen LogP contribution in [0.1, 0.15) is 60.1 Å². The molecular formula is C36H30. The van der Waals surface area contributed by atoms with Gasteiger partial charge in [-0.2, -0.15) is 0 Å². The zero-order chi connectivity index (χ0) is 24.4. The van der Waals surface area contributed by atoms with Crippen molar-refractivity contribution in [3.05, 3.63) is 143 Å². The van der Waals surface area contributed by atoms with Crippen LogP contribution >= 0.6 is 0 Å². The van der Waals surface area contributed by atoms with Gasteiger partial charge in [-0.1, -0.05) is 124 Å². The van der Waals surface area contributed by atoms with Crippen LogP contribution in [-0.2, 0) is 11.8 Å². The highest BCUT2D eigenvalue weighted by atomic mass is 14.4. The van der Waals surface area contributed by atoms with E-state index in [0.717, 1.165) is 6.42 Å². The number of hydrogen-bond acceptors (Lipinski definition) is 0. The molecule has 5 aromatic rings. The molecule has 0 saturated heterocycles. The summed E-state index contributed by atoms with van der Waals surface area (Å²) in [4.78, 5) is 0. The van der Waals surface area contributed by atoms with Gasteiger partial charge >= 0.3 is 0 Å². The first-order valence-corrected chi connectivity index (χ1v) is 13.1. The molecule has 0 N–H and O–H groups in total. The smallest absolute Gasteiger partial charge is 0.0158 e. The van der Waals surface area contributed by atoms with Gasteiger partial charge in [-0.25, -0.2) is 0 Å². The summed E-state index contributed by atoms with van der Waals surface area (Å²) in [5.74, 6) is 0.470. The van der Waals surface area contributed by atoms with Crippen LogP contribution in [0.25, 0.3) is 33.4 Å². The van der Waals surface area contributed by atoms with Gasteiger partial charge in [0, 0.05) is 11.3 Å². The van der Waals surface area contributed by atoms with Crippen LogP contribution in [0.4, 0.5) is 0 Å². The quantitative estimate of drug-likeness (QED) is 0.250. The Morgan fingerprint density at radius 1 is 0.528 bits per heavy atom. The summed E-state index contributed by atoms with van der Waals surface area (Å²) in [6.45, 7) is 7.02. The molecule has 0 heteroatoms. The van der Waals surface area contributed by atoms with Gasteiger partial charge in [0.2, 0.25) is 0 Å². The highest BCUT2D eigenvalue weighted by molar-refractivity contribution is 5.83. The van der Waals surface area contributed by atoms with E-state index < -0.39 is 0 Å². The molecule has 0 aliphatic heterocycles. The van der Waals surface area contributed by atoms with Crippen molar-refractivity contribution in [1.82, 2.24) is 0 Å². The van der Waals surface area contributed by atoms with Gasteiger partial charge in [-0.15, -0.1) is 0 Å². The minimum atomic E-state index is 0.0511. The predicted octanol–water partition coefficient (Wildman–Crippen LogP) is 9.38. The van der Waals surface area contributed by atoms with Crippen LogP contribution in [0, 0.1) is 0 Å². The van der Waals surface area contributed by atoms with Crippen molar-refractivity contribution in [3.8, 4) is 33.4 Å². The Hall–Kier alpha value is -3.90. The van der Waals surface area contributed by atoms with Gasteiger partial charge in [-0.05, 0) is 79.2 Å². The van der Waals surface area contributed by atoms with Gasteiger partial charge in [-0.3, -0.25) is 0 Å². The fraction of sp³-hybridized carbons (Fsp3) is 0.167. The maximum atomic E-state index is 2.43. The molecule has 0 heterocycles. The van der Waals surface area contributed by atoms with Crippen LogP contribution < -0.4 is 0 Å². The largest absolute Gasteiger partial charge is 0.0619 e. The summed E-state index contributed by atoms with van der Waals surface area (Å²) in [5, 5.41) is 0. The number of rotatable bonds is 3. The molecule has 36 heavy (non-hydrogen) atoms. The van der Waals surface area contributed by atoms with Gasteiger partial charge in [0.25, 0.3) is 0 Å². The van der Waals surface area contributed by atoms with Crippen molar-refractivity contribution in [2.45, 2.75) is 38.5 Å².